The van der Waals surface area contributed by atoms with Crippen LogP contribution in [0, 0.1) is 0 Å². The van der Waals surface area contributed by atoms with Gasteiger partial charge >= 0.3 is 0 Å². The molecule has 1 aromatic rings. The van der Waals surface area contributed by atoms with Crippen molar-refractivity contribution in [2.75, 3.05) is 25.7 Å². The second kappa shape index (κ2) is 8.33. The first-order valence-electron chi connectivity index (χ1n) is 6.68. The smallest absolute Gasteiger partial charge is 0.161 e. The van der Waals surface area contributed by atoms with Gasteiger partial charge in [-0.2, -0.15) is 11.8 Å². The Morgan fingerprint density at radius 2 is 1.84 bits per heavy atom. The molecular formula is C15H25NO2S. The summed E-state index contributed by atoms with van der Waals surface area (Å²) in [5, 5.41) is 3.60. The van der Waals surface area contributed by atoms with E-state index >= 15 is 0 Å². The molecule has 0 saturated heterocycles. The van der Waals surface area contributed by atoms with Gasteiger partial charge < -0.3 is 14.8 Å². The summed E-state index contributed by atoms with van der Waals surface area (Å²) in [6, 6.07) is 6.87. The van der Waals surface area contributed by atoms with Gasteiger partial charge in [0.25, 0.3) is 0 Å². The minimum absolute atomic E-state index is 0.298. The first-order valence-corrected chi connectivity index (χ1v) is 7.83. The zero-order valence-electron chi connectivity index (χ0n) is 12.5. The molecular weight excluding hydrogens is 258 g/mol. The molecule has 0 bridgehead atoms. The second-order valence-electron chi connectivity index (χ2n) is 4.56. The minimum Gasteiger partial charge on any atom is -0.493 e. The molecule has 0 heterocycles. The van der Waals surface area contributed by atoms with Crippen LogP contribution in [0.4, 0.5) is 0 Å². The molecule has 2 unspecified atom stereocenters. The van der Waals surface area contributed by atoms with Crippen molar-refractivity contribution in [2.45, 2.75) is 32.9 Å². The summed E-state index contributed by atoms with van der Waals surface area (Å²) in [6.07, 6.45) is 0. The molecule has 108 valence electrons. The molecule has 4 heteroatoms. The van der Waals surface area contributed by atoms with Crippen LogP contribution in [0.3, 0.4) is 0 Å². The molecule has 0 aliphatic heterocycles. The van der Waals surface area contributed by atoms with Crippen LogP contribution in [0.1, 0.15) is 32.4 Å². The summed E-state index contributed by atoms with van der Waals surface area (Å²) < 4.78 is 10.6. The second-order valence-corrected chi connectivity index (χ2v) is 5.88. The van der Waals surface area contributed by atoms with Crippen molar-refractivity contribution in [3.8, 4) is 11.5 Å². The van der Waals surface area contributed by atoms with Crippen LogP contribution in [-0.2, 0) is 0 Å². The van der Waals surface area contributed by atoms with E-state index in [0.717, 1.165) is 23.0 Å². The summed E-state index contributed by atoms with van der Waals surface area (Å²) in [5.41, 5.74) is 1.21. The average Bonchev–Trinajstić information content (AvgIpc) is 2.44. The van der Waals surface area contributed by atoms with Gasteiger partial charge in [-0.25, -0.2) is 0 Å². The van der Waals surface area contributed by atoms with E-state index in [1.165, 1.54) is 5.56 Å². The molecule has 1 aromatic carbocycles. The van der Waals surface area contributed by atoms with Crippen molar-refractivity contribution in [3.05, 3.63) is 23.8 Å². The van der Waals surface area contributed by atoms with Gasteiger partial charge in [-0.15, -0.1) is 0 Å². The van der Waals surface area contributed by atoms with E-state index in [1.807, 2.05) is 23.9 Å². The Labute approximate surface area is 121 Å². The number of methoxy groups -OCH3 is 2. The third kappa shape index (κ3) is 4.96. The summed E-state index contributed by atoms with van der Waals surface area (Å²) in [4.78, 5) is 0. The number of hydrogen-bond donors (Lipinski definition) is 1. The Morgan fingerprint density at radius 3 is 2.42 bits per heavy atom. The van der Waals surface area contributed by atoms with Gasteiger partial charge in [-0.1, -0.05) is 13.0 Å². The molecule has 0 aliphatic carbocycles. The van der Waals surface area contributed by atoms with Crippen LogP contribution in [0.2, 0.25) is 0 Å². The lowest BCUT2D eigenvalue weighted by Crippen LogP contribution is -2.30. The normalized spacial score (nSPS) is 13.9. The highest BCUT2D eigenvalue weighted by Crippen LogP contribution is 2.30. The molecule has 0 aliphatic rings. The molecule has 1 N–H and O–H groups in total. The predicted molar refractivity (Wildman–Crippen MR) is 83.6 cm³/mol. The summed E-state index contributed by atoms with van der Waals surface area (Å²) >= 11 is 1.96. The van der Waals surface area contributed by atoms with Crippen molar-refractivity contribution < 1.29 is 9.47 Å². The van der Waals surface area contributed by atoms with E-state index < -0.39 is 0 Å². The Morgan fingerprint density at radius 1 is 1.16 bits per heavy atom. The highest BCUT2D eigenvalue weighted by molar-refractivity contribution is 7.99. The molecule has 0 spiro atoms. The van der Waals surface area contributed by atoms with Gasteiger partial charge in [-0.3, -0.25) is 0 Å². The summed E-state index contributed by atoms with van der Waals surface area (Å²) in [7, 11) is 3.32. The first kappa shape index (κ1) is 16.2. The molecule has 0 aromatic heterocycles. The van der Waals surface area contributed by atoms with Gasteiger partial charge in [0.2, 0.25) is 0 Å². The van der Waals surface area contributed by atoms with Gasteiger partial charge in [0.15, 0.2) is 11.5 Å². The highest BCUT2D eigenvalue weighted by Gasteiger charge is 2.12. The Kier molecular flexibility index (Phi) is 7.10. The van der Waals surface area contributed by atoms with E-state index in [9.17, 15) is 0 Å². The topological polar surface area (TPSA) is 30.5 Å². The van der Waals surface area contributed by atoms with E-state index in [0.29, 0.717) is 12.1 Å². The summed E-state index contributed by atoms with van der Waals surface area (Å²) in [6.45, 7) is 6.59. The zero-order valence-corrected chi connectivity index (χ0v) is 13.3. The van der Waals surface area contributed by atoms with E-state index in [2.05, 4.69) is 32.2 Å². The number of hydrogen-bond acceptors (Lipinski definition) is 4. The Bertz CT molecular complexity index is 384. The first-order chi connectivity index (χ1) is 9.12. The van der Waals surface area contributed by atoms with Gasteiger partial charge in [-0.05, 0) is 37.3 Å². The van der Waals surface area contributed by atoms with Crippen LogP contribution < -0.4 is 14.8 Å². The number of benzene rings is 1. The fourth-order valence-corrected chi connectivity index (χ4v) is 2.67. The van der Waals surface area contributed by atoms with Gasteiger partial charge in [0.1, 0.15) is 0 Å². The van der Waals surface area contributed by atoms with Gasteiger partial charge in [0.05, 0.1) is 14.2 Å². The van der Waals surface area contributed by atoms with E-state index in [4.69, 9.17) is 9.47 Å². The number of rotatable bonds is 8. The molecule has 19 heavy (non-hydrogen) atoms. The molecule has 0 saturated carbocycles. The fraction of sp³-hybridized carbons (Fsp3) is 0.600. The Balaban J connectivity index is 2.68. The molecule has 0 radical (unpaired) electrons. The molecule has 1 rings (SSSR count). The monoisotopic (exact) mass is 283 g/mol. The van der Waals surface area contributed by atoms with Crippen LogP contribution >= 0.6 is 11.8 Å². The van der Waals surface area contributed by atoms with Crippen molar-refractivity contribution in [2.24, 2.45) is 0 Å². The van der Waals surface area contributed by atoms with Crippen LogP contribution in [0.15, 0.2) is 18.2 Å². The fourth-order valence-electron chi connectivity index (χ4n) is 1.99. The van der Waals surface area contributed by atoms with Crippen molar-refractivity contribution in [3.63, 3.8) is 0 Å². The van der Waals surface area contributed by atoms with Crippen molar-refractivity contribution in [1.29, 1.82) is 0 Å². The standard InChI is InChI=1S/C15H25NO2S/c1-6-19-10-11(2)16-12(3)13-7-8-14(17-4)15(9-13)18-5/h7-9,11-12,16H,6,10H2,1-5H3. The lowest BCUT2D eigenvalue weighted by atomic mass is 10.1. The van der Waals surface area contributed by atoms with Crippen molar-refractivity contribution in [1.82, 2.24) is 5.32 Å². The van der Waals surface area contributed by atoms with Gasteiger partial charge in [0, 0.05) is 17.8 Å². The lowest BCUT2D eigenvalue weighted by molar-refractivity contribution is 0.353. The average molecular weight is 283 g/mol. The minimum atomic E-state index is 0.298. The molecule has 0 fully saturated rings. The third-order valence-corrected chi connectivity index (χ3v) is 4.16. The molecule has 3 nitrogen and oxygen atoms in total. The maximum absolute atomic E-state index is 5.34. The maximum atomic E-state index is 5.34. The highest BCUT2D eigenvalue weighted by atomic mass is 32.2. The number of nitrogens with one attached hydrogen (secondary N) is 1. The number of thioether (sulfide) groups is 1. The largest absolute Gasteiger partial charge is 0.493 e. The van der Waals surface area contributed by atoms with E-state index in [1.54, 1.807) is 14.2 Å². The SMILES string of the molecule is CCSCC(C)NC(C)c1ccc(OC)c(OC)c1. The molecule has 0 amide bonds. The van der Waals surface area contributed by atoms with Crippen LogP contribution in [0.5, 0.6) is 11.5 Å². The quantitative estimate of drug-likeness (QED) is 0.791. The molecule has 2 atom stereocenters. The number of ether oxygens (including phenoxy) is 2. The maximum Gasteiger partial charge on any atom is 0.161 e. The predicted octanol–water partition coefficient (Wildman–Crippen LogP) is 3.50. The lowest BCUT2D eigenvalue weighted by Gasteiger charge is -2.21. The van der Waals surface area contributed by atoms with Crippen LogP contribution in [-0.4, -0.2) is 31.8 Å². The van der Waals surface area contributed by atoms with Crippen molar-refractivity contribution >= 4 is 11.8 Å². The summed E-state index contributed by atoms with van der Waals surface area (Å²) in [5.74, 6) is 3.85. The zero-order chi connectivity index (χ0) is 14.3. The Hall–Kier alpha value is -0.870. The third-order valence-electron chi connectivity index (χ3n) is 3.01. The van der Waals surface area contributed by atoms with Crippen LogP contribution in [0.25, 0.3) is 0 Å². The van der Waals surface area contributed by atoms with E-state index in [-0.39, 0.29) is 0 Å².